The maximum atomic E-state index is 13.3. The van der Waals surface area contributed by atoms with Crippen LogP contribution >= 0.6 is 11.6 Å². The summed E-state index contributed by atoms with van der Waals surface area (Å²) in [6.07, 6.45) is 0. The molecule has 1 aliphatic heterocycles. The fourth-order valence-electron chi connectivity index (χ4n) is 3.21. The number of nitrogens with zero attached hydrogens (tertiary/aromatic N) is 2. The number of rotatable bonds is 7. The van der Waals surface area contributed by atoms with Crippen molar-refractivity contribution in [2.24, 2.45) is 0 Å². The van der Waals surface area contributed by atoms with E-state index >= 15 is 0 Å². The standard InChI is InChI=1S/C21H21ClN2O5/c1-23(10-11-25)19-18(13-4-6-14(22)7-5-13)20(26)24(21(19)27)15-8-9-16(28-2)17(12-15)29-3/h4-9,12,25H,10-11H2,1-3H3. The van der Waals surface area contributed by atoms with Gasteiger partial charge in [0.05, 0.1) is 32.1 Å². The second kappa shape index (κ2) is 8.55. The molecule has 0 bridgehead atoms. The quantitative estimate of drug-likeness (QED) is 0.699. The lowest BCUT2D eigenvalue weighted by Crippen LogP contribution is -2.34. The number of amides is 2. The van der Waals surface area contributed by atoms with Gasteiger partial charge in [-0.3, -0.25) is 9.59 Å². The minimum absolute atomic E-state index is 0.161. The molecule has 2 aromatic carbocycles. The summed E-state index contributed by atoms with van der Waals surface area (Å²) in [5, 5.41) is 9.85. The zero-order valence-electron chi connectivity index (χ0n) is 16.3. The molecule has 0 saturated heterocycles. The van der Waals surface area contributed by atoms with Crippen molar-refractivity contribution in [2.45, 2.75) is 0 Å². The number of imide groups is 1. The van der Waals surface area contributed by atoms with Gasteiger partial charge in [0.1, 0.15) is 5.70 Å². The number of hydrogen-bond donors (Lipinski definition) is 1. The zero-order valence-corrected chi connectivity index (χ0v) is 17.1. The molecule has 0 aliphatic carbocycles. The van der Waals surface area contributed by atoms with Crippen LogP contribution in [-0.4, -0.2) is 56.2 Å². The van der Waals surface area contributed by atoms with Crippen molar-refractivity contribution in [1.82, 2.24) is 4.90 Å². The molecule has 3 rings (SSSR count). The number of ether oxygens (including phenoxy) is 2. The predicted octanol–water partition coefficient (Wildman–Crippen LogP) is 2.57. The number of halogens is 1. The summed E-state index contributed by atoms with van der Waals surface area (Å²) in [4.78, 5) is 29.3. The Morgan fingerprint density at radius 3 is 2.24 bits per heavy atom. The Bertz CT molecular complexity index is 972. The van der Waals surface area contributed by atoms with Crippen molar-refractivity contribution in [3.63, 3.8) is 0 Å². The van der Waals surface area contributed by atoms with Gasteiger partial charge >= 0.3 is 0 Å². The van der Waals surface area contributed by atoms with Gasteiger partial charge in [0.2, 0.25) is 0 Å². The van der Waals surface area contributed by atoms with Gasteiger partial charge < -0.3 is 19.5 Å². The third-order valence-electron chi connectivity index (χ3n) is 4.63. The van der Waals surface area contributed by atoms with Crippen molar-refractivity contribution < 1.29 is 24.2 Å². The number of hydrogen-bond acceptors (Lipinski definition) is 6. The lowest BCUT2D eigenvalue weighted by atomic mass is 10.0. The Balaban J connectivity index is 2.11. The number of anilines is 1. The van der Waals surface area contributed by atoms with Gasteiger partial charge in [0.15, 0.2) is 11.5 Å². The summed E-state index contributed by atoms with van der Waals surface area (Å²) in [6, 6.07) is 11.5. The monoisotopic (exact) mass is 416 g/mol. The second-order valence-electron chi connectivity index (χ2n) is 6.36. The van der Waals surface area contributed by atoms with Gasteiger partial charge in [-0.1, -0.05) is 23.7 Å². The highest BCUT2D eigenvalue weighted by molar-refractivity contribution is 6.45. The van der Waals surface area contributed by atoms with Crippen LogP contribution in [0.1, 0.15) is 5.56 Å². The number of benzene rings is 2. The van der Waals surface area contributed by atoms with E-state index in [0.717, 1.165) is 4.90 Å². The van der Waals surface area contributed by atoms with E-state index in [1.807, 2.05) is 0 Å². The first-order valence-corrected chi connectivity index (χ1v) is 9.23. The smallest absolute Gasteiger partial charge is 0.282 e. The van der Waals surface area contributed by atoms with E-state index in [1.165, 1.54) is 14.2 Å². The molecule has 152 valence electrons. The molecule has 1 heterocycles. The van der Waals surface area contributed by atoms with Crippen LogP contribution in [0.25, 0.3) is 5.57 Å². The maximum Gasteiger partial charge on any atom is 0.282 e. The molecule has 7 nitrogen and oxygen atoms in total. The molecule has 0 spiro atoms. The highest BCUT2D eigenvalue weighted by Crippen LogP contribution is 2.38. The number of carbonyl (C=O) groups is 2. The van der Waals surface area contributed by atoms with Crippen LogP contribution in [0.15, 0.2) is 48.2 Å². The molecule has 0 unspecified atom stereocenters. The summed E-state index contributed by atoms with van der Waals surface area (Å²) >= 11 is 5.97. The Morgan fingerprint density at radius 1 is 1.00 bits per heavy atom. The second-order valence-corrected chi connectivity index (χ2v) is 6.80. The molecule has 2 aromatic rings. The fourth-order valence-corrected chi connectivity index (χ4v) is 3.34. The molecule has 0 fully saturated rings. The summed E-state index contributed by atoms with van der Waals surface area (Å²) in [7, 11) is 4.64. The van der Waals surface area contributed by atoms with Crippen molar-refractivity contribution >= 4 is 34.7 Å². The molecule has 0 radical (unpaired) electrons. The highest BCUT2D eigenvalue weighted by atomic mass is 35.5. The summed E-state index contributed by atoms with van der Waals surface area (Å²) < 4.78 is 10.5. The number of aliphatic hydroxyl groups is 1. The first-order valence-electron chi connectivity index (χ1n) is 8.86. The number of methoxy groups -OCH3 is 2. The first-order chi connectivity index (χ1) is 13.9. The lowest BCUT2D eigenvalue weighted by molar-refractivity contribution is -0.120. The Hall–Kier alpha value is -3.03. The Morgan fingerprint density at radius 2 is 1.66 bits per heavy atom. The van der Waals surface area contributed by atoms with Crippen LogP contribution in [0.5, 0.6) is 11.5 Å². The van der Waals surface area contributed by atoms with Crippen molar-refractivity contribution in [3.05, 3.63) is 58.7 Å². The molecule has 0 aromatic heterocycles. The molecular weight excluding hydrogens is 396 g/mol. The number of carbonyl (C=O) groups excluding carboxylic acids is 2. The third kappa shape index (κ3) is 3.79. The molecule has 8 heteroatoms. The SMILES string of the molecule is COc1ccc(N2C(=O)C(c3ccc(Cl)cc3)=C(N(C)CCO)C2=O)cc1OC. The van der Waals surface area contributed by atoms with E-state index < -0.39 is 11.8 Å². The lowest BCUT2D eigenvalue weighted by Gasteiger charge is -2.21. The van der Waals surface area contributed by atoms with E-state index in [4.69, 9.17) is 21.1 Å². The third-order valence-corrected chi connectivity index (χ3v) is 4.89. The normalized spacial score (nSPS) is 13.9. The minimum atomic E-state index is -0.483. The molecule has 29 heavy (non-hydrogen) atoms. The van der Waals surface area contributed by atoms with E-state index in [1.54, 1.807) is 54.4 Å². The average Bonchev–Trinajstić information content (AvgIpc) is 2.98. The first kappa shape index (κ1) is 20.7. The molecule has 0 saturated carbocycles. The molecular formula is C21H21ClN2O5. The van der Waals surface area contributed by atoms with Crippen molar-refractivity contribution in [3.8, 4) is 11.5 Å². The number of likely N-dealkylation sites (N-methyl/N-ethyl adjacent to an activating group) is 1. The number of aliphatic hydroxyl groups excluding tert-OH is 1. The van der Waals surface area contributed by atoms with E-state index in [9.17, 15) is 14.7 Å². The summed E-state index contributed by atoms with van der Waals surface area (Å²) in [5.41, 5.74) is 1.38. The van der Waals surface area contributed by atoms with Gasteiger partial charge in [-0.25, -0.2) is 4.90 Å². The Labute approximate surface area is 173 Å². The molecule has 1 aliphatic rings. The van der Waals surface area contributed by atoms with Crippen LogP contribution in [-0.2, 0) is 9.59 Å². The minimum Gasteiger partial charge on any atom is -0.493 e. The van der Waals surface area contributed by atoms with Gasteiger partial charge in [0.25, 0.3) is 11.8 Å². The summed E-state index contributed by atoms with van der Waals surface area (Å²) in [6.45, 7) is 0.0386. The topological polar surface area (TPSA) is 79.3 Å². The van der Waals surface area contributed by atoms with Gasteiger partial charge in [0, 0.05) is 24.7 Å². The van der Waals surface area contributed by atoms with Crippen molar-refractivity contribution in [1.29, 1.82) is 0 Å². The van der Waals surface area contributed by atoms with Crippen LogP contribution in [0.2, 0.25) is 5.02 Å². The molecule has 0 atom stereocenters. The van der Waals surface area contributed by atoms with Crippen molar-refractivity contribution in [2.75, 3.05) is 39.3 Å². The highest BCUT2D eigenvalue weighted by Gasteiger charge is 2.41. The van der Waals surface area contributed by atoms with Crippen LogP contribution < -0.4 is 14.4 Å². The van der Waals surface area contributed by atoms with Crippen LogP contribution in [0, 0.1) is 0 Å². The van der Waals surface area contributed by atoms with E-state index in [0.29, 0.717) is 27.8 Å². The average molecular weight is 417 g/mol. The van der Waals surface area contributed by atoms with Gasteiger partial charge in [-0.2, -0.15) is 0 Å². The summed E-state index contributed by atoms with van der Waals surface area (Å²) in [5.74, 6) is -0.0675. The molecule has 1 N–H and O–H groups in total. The van der Waals surface area contributed by atoms with E-state index in [2.05, 4.69) is 0 Å². The van der Waals surface area contributed by atoms with Crippen LogP contribution in [0.3, 0.4) is 0 Å². The van der Waals surface area contributed by atoms with Crippen LogP contribution in [0.4, 0.5) is 5.69 Å². The predicted molar refractivity (Wildman–Crippen MR) is 110 cm³/mol. The maximum absolute atomic E-state index is 13.3. The fraction of sp³-hybridized carbons (Fsp3) is 0.238. The Kier molecular flexibility index (Phi) is 6.10. The van der Waals surface area contributed by atoms with Gasteiger partial charge in [-0.15, -0.1) is 0 Å². The molecule has 2 amide bonds. The van der Waals surface area contributed by atoms with E-state index in [-0.39, 0.29) is 24.4 Å². The largest absolute Gasteiger partial charge is 0.493 e. The van der Waals surface area contributed by atoms with Gasteiger partial charge in [-0.05, 0) is 29.8 Å². The zero-order chi connectivity index (χ0) is 21.1.